The quantitative estimate of drug-likeness (QED) is 0.570. The number of rotatable bonds is 4. The summed E-state index contributed by atoms with van der Waals surface area (Å²) in [6.07, 6.45) is -0.116. The molecule has 3 N–H and O–H groups in total. The van der Waals surface area contributed by atoms with Crippen LogP contribution in [0.4, 0.5) is 9.93 Å². The first kappa shape index (κ1) is 14.6. The Morgan fingerprint density at radius 1 is 1.61 bits per heavy atom. The average molecular weight is 273 g/mol. The smallest absolute Gasteiger partial charge is 0.413 e. The molecule has 8 heteroatoms. The summed E-state index contributed by atoms with van der Waals surface area (Å²) in [6, 6.07) is -0.907. The number of carbonyl (C=O) groups excluding carboxylic acids is 2. The molecule has 0 aliphatic rings. The van der Waals surface area contributed by atoms with E-state index in [0.29, 0.717) is 17.1 Å². The number of nitrogens with zero attached hydrogens (tertiary/aromatic N) is 1. The highest BCUT2D eigenvalue weighted by molar-refractivity contribution is 7.13. The van der Waals surface area contributed by atoms with Crippen LogP contribution in [0.1, 0.15) is 32.5 Å². The van der Waals surface area contributed by atoms with Crippen LogP contribution in [0.25, 0.3) is 0 Å². The minimum atomic E-state index is -0.907. The molecular formula is C10H15N3O4S. The number of hydroxylamine groups is 1. The molecule has 1 atom stereocenters. The SMILES string of the molecule is CC(C)(C)OC(=O)Nc1nc(C(C=O)NO)cs1. The molecule has 0 aromatic carbocycles. The van der Waals surface area contributed by atoms with Gasteiger partial charge in [-0.2, -0.15) is 5.48 Å². The van der Waals surface area contributed by atoms with Crippen molar-refractivity contribution in [1.82, 2.24) is 10.5 Å². The lowest BCUT2D eigenvalue weighted by Gasteiger charge is -2.18. The van der Waals surface area contributed by atoms with Crippen molar-refractivity contribution >= 4 is 28.8 Å². The van der Waals surface area contributed by atoms with Crippen LogP contribution in [0.3, 0.4) is 0 Å². The number of ether oxygens (including phenoxy) is 1. The second-order valence-electron chi connectivity index (χ2n) is 4.45. The van der Waals surface area contributed by atoms with E-state index in [1.54, 1.807) is 31.6 Å². The molecule has 0 radical (unpaired) electrons. The molecule has 0 saturated heterocycles. The van der Waals surface area contributed by atoms with Crippen LogP contribution in [-0.4, -0.2) is 28.2 Å². The van der Waals surface area contributed by atoms with E-state index in [4.69, 9.17) is 9.94 Å². The van der Waals surface area contributed by atoms with Gasteiger partial charge in [0.2, 0.25) is 0 Å². The molecule has 18 heavy (non-hydrogen) atoms. The number of nitrogens with one attached hydrogen (secondary N) is 2. The van der Waals surface area contributed by atoms with Gasteiger partial charge in [0, 0.05) is 5.38 Å². The summed E-state index contributed by atoms with van der Waals surface area (Å²) in [7, 11) is 0. The summed E-state index contributed by atoms with van der Waals surface area (Å²) in [5, 5.41) is 13.0. The highest BCUT2D eigenvalue weighted by atomic mass is 32.1. The van der Waals surface area contributed by atoms with E-state index in [-0.39, 0.29) is 0 Å². The summed E-state index contributed by atoms with van der Waals surface area (Å²) in [5.41, 5.74) is 1.53. The van der Waals surface area contributed by atoms with Gasteiger partial charge in [0.1, 0.15) is 17.9 Å². The van der Waals surface area contributed by atoms with Gasteiger partial charge in [0.15, 0.2) is 5.13 Å². The van der Waals surface area contributed by atoms with E-state index < -0.39 is 17.7 Å². The monoisotopic (exact) mass is 273 g/mol. The van der Waals surface area contributed by atoms with E-state index in [9.17, 15) is 9.59 Å². The molecule has 1 heterocycles. The Morgan fingerprint density at radius 2 is 2.28 bits per heavy atom. The Balaban J connectivity index is 2.64. The Labute approximate surface area is 108 Å². The largest absolute Gasteiger partial charge is 0.444 e. The molecule has 1 unspecified atom stereocenters. The van der Waals surface area contributed by atoms with Crippen LogP contribution in [-0.2, 0) is 9.53 Å². The van der Waals surface area contributed by atoms with Gasteiger partial charge in [-0.15, -0.1) is 11.3 Å². The Kier molecular flexibility index (Phi) is 4.76. The van der Waals surface area contributed by atoms with Crippen molar-refractivity contribution in [2.75, 3.05) is 5.32 Å². The van der Waals surface area contributed by atoms with Crippen molar-refractivity contribution in [1.29, 1.82) is 0 Å². The number of anilines is 1. The fraction of sp³-hybridized carbons (Fsp3) is 0.500. The normalized spacial score (nSPS) is 12.9. The van der Waals surface area contributed by atoms with Crippen LogP contribution < -0.4 is 10.8 Å². The molecule has 0 spiro atoms. The highest BCUT2D eigenvalue weighted by Gasteiger charge is 2.18. The standard InChI is InChI=1S/C10H15N3O4S/c1-10(2,3)17-9(15)12-8-11-7(5-18-8)6(4-14)13-16/h4-6,13,16H,1-3H3,(H,11,12,15). The van der Waals surface area contributed by atoms with Gasteiger partial charge in [0.05, 0.1) is 5.69 Å². The van der Waals surface area contributed by atoms with Crippen LogP contribution in [0.15, 0.2) is 5.38 Å². The predicted molar refractivity (Wildman–Crippen MR) is 65.7 cm³/mol. The van der Waals surface area contributed by atoms with Crippen molar-refractivity contribution in [3.05, 3.63) is 11.1 Å². The van der Waals surface area contributed by atoms with Gasteiger partial charge in [-0.05, 0) is 20.8 Å². The van der Waals surface area contributed by atoms with Gasteiger partial charge in [-0.1, -0.05) is 0 Å². The summed E-state index contributed by atoms with van der Waals surface area (Å²) in [5.74, 6) is 0. The van der Waals surface area contributed by atoms with Crippen molar-refractivity contribution in [2.24, 2.45) is 0 Å². The van der Waals surface area contributed by atoms with E-state index in [1.165, 1.54) is 0 Å². The zero-order valence-electron chi connectivity index (χ0n) is 10.3. The zero-order valence-corrected chi connectivity index (χ0v) is 11.1. The summed E-state index contributed by atoms with van der Waals surface area (Å²) in [6.45, 7) is 5.24. The number of thiazole rings is 1. The number of carbonyl (C=O) groups is 2. The summed E-state index contributed by atoms with van der Waals surface area (Å²) >= 11 is 1.13. The molecule has 0 saturated carbocycles. The third-order valence-corrected chi connectivity index (χ3v) is 2.50. The topological polar surface area (TPSA) is 101 Å². The van der Waals surface area contributed by atoms with Crippen molar-refractivity contribution < 1.29 is 19.5 Å². The number of aldehydes is 1. The van der Waals surface area contributed by atoms with Gasteiger partial charge < -0.3 is 14.7 Å². The molecular weight excluding hydrogens is 258 g/mol. The number of aromatic nitrogens is 1. The zero-order chi connectivity index (χ0) is 13.8. The predicted octanol–water partition coefficient (Wildman–Crippen LogP) is 1.71. The number of hydrogen-bond acceptors (Lipinski definition) is 7. The Bertz CT molecular complexity index is 427. The first-order valence-electron chi connectivity index (χ1n) is 5.16. The molecule has 100 valence electrons. The van der Waals surface area contributed by atoms with Gasteiger partial charge in [0.25, 0.3) is 0 Å². The molecule has 1 aromatic rings. The molecule has 1 amide bonds. The number of hydrogen-bond donors (Lipinski definition) is 3. The molecule has 1 aromatic heterocycles. The van der Waals surface area contributed by atoms with Gasteiger partial charge in [-0.3, -0.25) is 5.32 Å². The van der Waals surface area contributed by atoms with E-state index in [0.717, 1.165) is 11.3 Å². The maximum atomic E-state index is 11.4. The maximum Gasteiger partial charge on any atom is 0.413 e. The summed E-state index contributed by atoms with van der Waals surface area (Å²) < 4.78 is 5.05. The number of amides is 1. The van der Waals surface area contributed by atoms with Crippen LogP contribution in [0.2, 0.25) is 0 Å². The van der Waals surface area contributed by atoms with Crippen molar-refractivity contribution in [3.8, 4) is 0 Å². The van der Waals surface area contributed by atoms with E-state index in [2.05, 4.69) is 10.3 Å². The lowest BCUT2D eigenvalue weighted by Crippen LogP contribution is -2.27. The molecule has 0 bridgehead atoms. The maximum absolute atomic E-state index is 11.4. The first-order chi connectivity index (χ1) is 8.35. The van der Waals surface area contributed by atoms with E-state index in [1.807, 2.05) is 0 Å². The second kappa shape index (κ2) is 5.89. The van der Waals surface area contributed by atoms with Crippen LogP contribution >= 0.6 is 11.3 Å². The molecule has 0 fully saturated rings. The summed E-state index contributed by atoms with van der Waals surface area (Å²) in [4.78, 5) is 26.0. The van der Waals surface area contributed by atoms with E-state index >= 15 is 0 Å². The van der Waals surface area contributed by atoms with Crippen molar-refractivity contribution in [3.63, 3.8) is 0 Å². The average Bonchev–Trinajstić information content (AvgIpc) is 2.65. The van der Waals surface area contributed by atoms with Crippen LogP contribution in [0, 0.1) is 0 Å². The molecule has 0 aliphatic heterocycles. The molecule has 1 rings (SSSR count). The minimum Gasteiger partial charge on any atom is -0.444 e. The van der Waals surface area contributed by atoms with Crippen LogP contribution in [0.5, 0.6) is 0 Å². The minimum absolute atomic E-state index is 0.293. The van der Waals surface area contributed by atoms with Gasteiger partial charge >= 0.3 is 6.09 Å². The van der Waals surface area contributed by atoms with Gasteiger partial charge in [-0.25, -0.2) is 9.78 Å². The molecule has 0 aliphatic carbocycles. The fourth-order valence-corrected chi connectivity index (χ4v) is 1.78. The third kappa shape index (κ3) is 4.40. The third-order valence-electron chi connectivity index (χ3n) is 1.72. The lowest BCUT2D eigenvalue weighted by molar-refractivity contribution is -0.112. The highest BCUT2D eigenvalue weighted by Crippen LogP contribution is 2.20. The fourth-order valence-electron chi connectivity index (χ4n) is 1.04. The first-order valence-corrected chi connectivity index (χ1v) is 6.04. The molecule has 7 nitrogen and oxygen atoms in total. The Morgan fingerprint density at radius 3 is 2.78 bits per heavy atom. The van der Waals surface area contributed by atoms with Crippen molar-refractivity contribution in [2.45, 2.75) is 32.4 Å². The second-order valence-corrected chi connectivity index (χ2v) is 5.31. The lowest BCUT2D eigenvalue weighted by atomic mass is 10.2. The Hall–Kier alpha value is -1.51.